The number of hydrazone groups is 1. The van der Waals surface area contributed by atoms with Crippen LogP contribution in [0.15, 0.2) is 82.7 Å². The zero-order valence-corrected chi connectivity index (χ0v) is 20.7. The van der Waals surface area contributed by atoms with Gasteiger partial charge >= 0.3 is 0 Å². The molecular formula is C29H28N4O3. The summed E-state index contributed by atoms with van der Waals surface area (Å²) in [5.41, 5.74) is 5.28. The Morgan fingerprint density at radius 2 is 1.50 bits per heavy atom. The van der Waals surface area contributed by atoms with Gasteiger partial charge in [-0.05, 0) is 69.2 Å². The van der Waals surface area contributed by atoms with Crippen molar-refractivity contribution < 1.29 is 9.90 Å². The lowest BCUT2D eigenvalue weighted by atomic mass is 9.78. The average Bonchev–Trinajstić information content (AvgIpc) is 3.31. The van der Waals surface area contributed by atoms with Crippen molar-refractivity contribution >= 4 is 17.3 Å². The highest BCUT2D eigenvalue weighted by Crippen LogP contribution is 2.41. The number of para-hydroxylation sites is 1. The number of rotatable bonds is 5. The van der Waals surface area contributed by atoms with E-state index in [-0.39, 0.29) is 17.2 Å². The minimum absolute atomic E-state index is 0.0270. The van der Waals surface area contributed by atoms with E-state index < -0.39 is 11.8 Å². The van der Waals surface area contributed by atoms with Gasteiger partial charge in [-0.15, -0.1) is 0 Å². The number of aromatic hydroxyl groups is 1. The summed E-state index contributed by atoms with van der Waals surface area (Å²) in [6, 6.07) is 22.1. The molecule has 1 aromatic heterocycles. The summed E-state index contributed by atoms with van der Waals surface area (Å²) < 4.78 is 1.49. The molecule has 0 aliphatic carbocycles. The molecule has 0 bridgehead atoms. The standard InChI is InChI=1S/C29H28N4O3/c1-17-9-7-11-21(15-17)32-28(35)25(19(3)30-32)27(23-13-5-6-14-24(23)34)26-20(4)31-33(29(26)36)22-12-8-10-18(2)16-22/h5-16,25,27,31,34H,1-4H3. The predicted octanol–water partition coefficient (Wildman–Crippen LogP) is 4.97. The van der Waals surface area contributed by atoms with Crippen molar-refractivity contribution in [2.45, 2.75) is 33.6 Å². The second-order valence-corrected chi connectivity index (χ2v) is 9.37. The fourth-order valence-electron chi connectivity index (χ4n) is 5.04. The lowest BCUT2D eigenvalue weighted by Crippen LogP contribution is -2.34. The van der Waals surface area contributed by atoms with Gasteiger partial charge in [-0.25, -0.2) is 9.69 Å². The second kappa shape index (κ2) is 9.00. The third kappa shape index (κ3) is 3.92. The maximum absolute atomic E-state index is 13.9. The minimum Gasteiger partial charge on any atom is -0.508 e. The number of aryl methyl sites for hydroxylation is 3. The fraction of sp³-hybridized carbons (Fsp3) is 0.207. The van der Waals surface area contributed by atoms with E-state index in [0.29, 0.717) is 33.9 Å². The summed E-state index contributed by atoms with van der Waals surface area (Å²) >= 11 is 0. The van der Waals surface area contributed by atoms with E-state index in [4.69, 9.17) is 0 Å². The topological polar surface area (TPSA) is 90.7 Å². The van der Waals surface area contributed by atoms with Crippen LogP contribution in [0.2, 0.25) is 0 Å². The number of carbonyl (C=O) groups is 1. The van der Waals surface area contributed by atoms with Crippen LogP contribution < -0.4 is 10.6 Å². The number of phenolic OH excluding ortho intramolecular Hbond substituents is 1. The normalized spacial score (nSPS) is 16.3. The van der Waals surface area contributed by atoms with E-state index in [2.05, 4.69) is 10.2 Å². The molecule has 7 heteroatoms. The molecule has 36 heavy (non-hydrogen) atoms. The monoisotopic (exact) mass is 480 g/mol. The Balaban J connectivity index is 1.68. The molecule has 1 aliphatic rings. The first kappa shape index (κ1) is 23.4. The van der Waals surface area contributed by atoms with Gasteiger partial charge in [0, 0.05) is 28.5 Å². The summed E-state index contributed by atoms with van der Waals surface area (Å²) in [4.78, 5) is 27.8. The Kier molecular flexibility index (Phi) is 5.84. The Morgan fingerprint density at radius 1 is 0.861 bits per heavy atom. The number of anilines is 1. The first-order valence-electron chi connectivity index (χ1n) is 11.9. The van der Waals surface area contributed by atoms with Crippen molar-refractivity contribution in [3.05, 3.63) is 111 Å². The Labute approximate surface area is 209 Å². The minimum atomic E-state index is -0.757. The van der Waals surface area contributed by atoms with Crippen LogP contribution in [0.1, 0.15) is 40.8 Å². The van der Waals surface area contributed by atoms with Gasteiger partial charge in [0.1, 0.15) is 5.75 Å². The highest BCUT2D eigenvalue weighted by atomic mass is 16.3. The number of aromatic nitrogens is 2. The van der Waals surface area contributed by atoms with Gasteiger partial charge in [0.25, 0.3) is 11.5 Å². The largest absolute Gasteiger partial charge is 0.508 e. The van der Waals surface area contributed by atoms with Crippen molar-refractivity contribution in [2.24, 2.45) is 11.0 Å². The lowest BCUT2D eigenvalue weighted by Gasteiger charge is -2.24. The van der Waals surface area contributed by atoms with Crippen molar-refractivity contribution in [1.82, 2.24) is 9.78 Å². The van der Waals surface area contributed by atoms with Crippen LogP contribution >= 0.6 is 0 Å². The van der Waals surface area contributed by atoms with E-state index in [1.54, 1.807) is 31.2 Å². The SMILES string of the molecule is CC1=NN(c2cccc(C)c2)C(=O)C1C(c1ccccc1O)c1c(C)[nH]n(-c2cccc(C)c2)c1=O. The average molecular weight is 481 g/mol. The molecule has 0 spiro atoms. The van der Waals surface area contributed by atoms with Gasteiger partial charge in [0.05, 0.1) is 17.3 Å². The quantitative estimate of drug-likeness (QED) is 0.423. The number of hydrogen-bond acceptors (Lipinski definition) is 4. The molecule has 0 saturated carbocycles. The molecule has 0 radical (unpaired) electrons. The molecule has 2 heterocycles. The molecule has 2 unspecified atom stereocenters. The Hall–Kier alpha value is -4.39. The maximum atomic E-state index is 13.9. The zero-order chi connectivity index (χ0) is 25.6. The van der Waals surface area contributed by atoms with Gasteiger partial charge in [0.15, 0.2) is 0 Å². The summed E-state index contributed by atoms with van der Waals surface area (Å²) in [7, 11) is 0. The van der Waals surface area contributed by atoms with Crippen molar-refractivity contribution in [1.29, 1.82) is 0 Å². The summed E-state index contributed by atoms with van der Waals surface area (Å²) in [6.07, 6.45) is 0. The molecule has 2 atom stereocenters. The van der Waals surface area contributed by atoms with Crippen LogP contribution in [-0.2, 0) is 4.79 Å². The van der Waals surface area contributed by atoms with Crippen molar-refractivity contribution in [3.63, 3.8) is 0 Å². The molecule has 1 aliphatic heterocycles. The van der Waals surface area contributed by atoms with Crippen molar-refractivity contribution in [2.75, 3.05) is 5.01 Å². The van der Waals surface area contributed by atoms with E-state index >= 15 is 0 Å². The van der Waals surface area contributed by atoms with Crippen LogP contribution in [0, 0.1) is 26.7 Å². The third-order valence-corrected chi connectivity index (χ3v) is 6.72. The highest BCUT2D eigenvalue weighted by Gasteiger charge is 2.44. The Morgan fingerprint density at radius 3 is 2.17 bits per heavy atom. The first-order chi connectivity index (χ1) is 17.3. The number of aromatic amines is 1. The highest BCUT2D eigenvalue weighted by molar-refractivity contribution is 6.15. The number of phenols is 1. The number of nitrogens with one attached hydrogen (secondary N) is 1. The van der Waals surface area contributed by atoms with Gasteiger partial charge in [-0.3, -0.25) is 14.7 Å². The van der Waals surface area contributed by atoms with Gasteiger partial charge < -0.3 is 5.11 Å². The molecule has 2 N–H and O–H groups in total. The molecule has 7 nitrogen and oxygen atoms in total. The van der Waals surface area contributed by atoms with Crippen molar-refractivity contribution in [3.8, 4) is 11.4 Å². The smallest absolute Gasteiger partial charge is 0.275 e. The molecule has 1 amide bonds. The number of nitrogens with zero attached hydrogens (tertiary/aromatic N) is 3. The Bertz CT molecular complexity index is 1560. The molecule has 4 aromatic rings. The summed E-state index contributed by atoms with van der Waals surface area (Å²) in [5.74, 6) is -1.70. The number of carbonyl (C=O) groups excluding carboxylic acids is 1. The maximum Gasteiger partial charge on any atom is 0.275 e. The van der Waals surface area contributed by atoms with Crippen LogP contribution in [-0.4, -0.2) is 26.5 Å². The van der Waals surface area contributed by atoms with Crippen LogP contribution in [0.25, 0.3) is 5.69 Å². The predicted molar refractivity (Wildman–Crippen MR) is 141 cm³/mol. The number of H-pyrrole nitrogens is 1. The second-order valence-electron chi connectivity index (χ2n) is 9.37. The molecular weight excluding hydrogens is 452 g/mol. The van der Waals surface area contributed by atoms with Crippen LogP contribution in [0.5, 0.6) is 5.75 Å². The fourth-order valence-corrected chi connectivity index (χ4v) is 5.04. The molecule has 3 aromatic carbocycles. The van der Waals surface area contributed by atoms with Gasteiger partial charge in [-0.2, -0.15) is 5.10 Å². The number of hydrogen-bond donors (Lipinski definition) is 2. The molecule has 0 fully saturated rings. The van der Waals surface area contributed by atoms with Crippen LogP contribution in [0.4, 0.5) is 5.69 Å². The van der Waals surface area contributed by atoms with Gasteiger partial charge in [-0.1, -0.05) is 42.5 Å². The van der Waals surface area contributed by atoms with Crippen LogP contribution in [0.3, 0.4) is 0 Å². The molecule has 5 rings (SSSR count). The summed E-state index contributed by atoms with van der Waals surface area (Å²) in [6.45, 7) is 7.54. The van der Waals surface area contributed by atoms with E-state index in [1.165, 1.54) is 9.69 Å². The molecule has 182 valence electrons. The molecule has 0 saturated heterocycles. The zero-order valence-electron chi connectivity index (χ0n) is 20.7. The van der Waals surface area contributed by atoms with E-state index in [0.717, 1.165) is 11.1 Å². The number of amides is 1. The first-order valence-corrected chi connectivity index (χ1v) is 11.9. The summed E-state index contributed by atoms with van der Waals surface area (Å²) in [5, 5.41) is 20.0. The lowest BCUT2D eigenvalue weighted by molar-refractivity contribution is -0.120. The van der Waals surface area contributed by atoms with E-state index in [1.807, 2.05) is 69.3 Å². The van der Waals surface area contributed by atoms with Gasteiger partial charge in [0.2, 0.25) is 0 Å². The van der Waals surface area contributed by atoms with E-state index in [9.17, 15) is 14.7 Å². The third-order valence-electron chi connectivity index (χ3n) is 6.72. The number of benzene rings is 3.